The van der Waals surface area contributed by atoms with Crippen LogP contribution >= 0.6 is 0 Å². The van der Waals surface area contributed by atoms with Gasteiger partial charge in [-0.3, -0.25) is 9.89 Å². The first kappa shape index (κ1) is 19.4. The molecule has 1 saturated carbocycles. The molecule has 4 aromatic rings. The van der Waals surface area contributed by atoms with Crippen LogP contribution in [0.5, 0.6) is 0 Å². The van der Waals surface area contributed by atoms with Crippen LogP contribution in [0.2, 0.25) is 0 Å². The number of aromatic amines is 2. The number of carbonyl (C=O) groups excluding carboxylic acids is 1. The van der Waals surface area contributed by atoms with Gasteiger partial charge < -0.3 is 10.3 Å². The van der Waals surface area contributed by atoms with E-state index in [0.717, 1.165) is 24.5 Å². The minimum Gasteiger partial charge on any atom is -0.352 e. The number of halogens is 3. The highest BCUT2D eigenvalue weighted by molar-refractivity contribution is 5.93. The van der Waals surface area contributed by atoms with Crippen LogP contribution in [0, 0.1) is 23.4 Å². The summed E-state index contributed by atoms with van der Waals surface area (Å²) in [6.45, 7) is 0.505. The normalized spacial score (nSPS) is 18.2. The molecule has 0 saturated heterocycles. The summed E-state index contributed by atoms with van der Waals surface area (Å²) < 4.78 is 41.8. The van der Waals surface area contributed by atoms with Crippen molar-refractivity contribution in [3.63, 3.8) is 0 Å². The molecule has 0 unspecified atom stereocenters. The van der Waals surface area contributed by atoms with Crippen LogP contribution in [0.25, 0.3) is 22.2 Å². The molecule has 1 amide bonds. The van der Waals surface area contributed by atoms with Gasteiger partial charge in [-0.25, -0.2) is 13.2 Å². The fourth-order valence-electron chi connectivity index (χ4n) is 4.36. The predicted molar refractivity (Wildman–Crippen MR) is 110 cm³/mol. The summed E-state index contributed by atoms with van der Waals surface area (Å²) in [5, 5.41) is 9.77. The van der Waals surface area contributed by atoms with Gasteiger partial charge in [0.05, 0.1) is 11.2 Å². The van der Waals surface area contributed by atoms with Crippen LogP contribution < -0.4 is 5.32 Å². The molecule has 1 fully saturated rings. The number of nitrogens with one attached hydrogen (secondary N) is 3. The van der Waals surface area contributed by atoms with Crippen molar-refractivity contribution in [2.24, 2.45) is 5.92 Å². The largest absolute Gasteiger partial charge is 0.352 e. The molecular weight excluding hydrogens is 405 g/mol. The summed E-state index contributed by atoms with van der Waals surface area (Å²) in [6.07, 6.45) is 3.05. The van der Waals surface area contributed by atoms with Crippen molar-refractivity contribution < 1.29 is 18.0 Å². The zero-order chi connectivity index (χ0) is 21.5. The Morgan fingerprint density at radius 3 is 2.55 bits per heavy atom. The van der Waals surface area contributed by atoms with E-state index in [1.807, 2.05) is 0 Å². The van der Waals surface area contributed by atoms with Crippen LogP contribution in [-0.4, -0.2) is 27.6 Å². The predicted octanol–water partition coefficient (Wildman–Crippen LogP) is 4.90. The van der Waals surface area contributed by atoms with E-state index in [1.165, 1.54) is 24.4 Å². The number of benzene rings is 2. The lowest BCUT2D eigenvalue weighted by atomic mass is 9.70. The van der Waals surface area contributed by atoms with Gasteiger partial charge in [-0.1, -0.05) is 0 Å². The maximum atomic E-state index is 14.4. The van der Waals surface area contributed by atoms with Crippen LogP contribution in [0.3, 0.4) is 0 Å². The summed E-state index contributed by atoms with van der Waals surface area (Å²) >= 11 is 0. The monoisotopic (exact) mass is 424 g/mol. The molecule has 1 aliphatic carbocycles. The number of fused-ring (bicyclic) bond motifs is 1. The van der Waals surface area contributed by atoms with Gasteiger partial charge >= 0.3 is 0 Å². The van der Waals surface area contributed by atoms with Crippen molar-refractivity contribution in [1.82, 2.24) is 20.5 Å². The molecule has 5 nitrogen and oxygen atoms in total. The van der Waals surface area contributed by atoms with Crippen molar-refractivity contribution >= 4 is 16.8 Å². The zero-order valence-electron chi connectivity index (χ0n) is 16.4. The van der Waals surface area contributed by atoms with E-state index in [9.17, 15) is 18.0 Å². The third kappa shape index (κ3) is 3.58. The second-order valence-corrected chi connectivity index (χ2v) is 7.95. The summed E-state index contributed by atoms with van der Waals surface area (Å²) in [6, 6.07) is 9.72. The molecule has 1 aliphatic rings. The van der Waals surface area contributed by atoms with Crippen molar-refractivity contribution in [3.05, 3.63) is 77.4 Å². The first-order valence-corrected chi connectivity index (χ1v) is 10.0. The molecule has 2 heterocycles. The van der Waals surface area contributed by atoms with E-state index < -0.39 is 11.6 Å². The average Bonchev–Trinajstić information content (AvgIpc) is 3.36. The Labute approximate surface area is 175 Å². The smallest absolute Gasteiger partial charge is 0.269 e. The summed E-state index contributed by atoms with van der Waals surface area (Å²) in [5.41, 5.74) is 2.85. The topological polar surface area (TPSA) is 73.6 Å². The quantitative estimate of drug-likeness (QED) is 0.426. The molecule has 0 spiro atoms. The summed E-state index contributed by atoms with van der Waals surface area (Å²) in [7, 11) is 0. The molecule has 0 aliphatic heterocycles. The van der Waals surface area contributed by atoms with Gasteiger partial charge in [0, 0.05) is 24.2 Å². The van der Waals surface area contributed by atoms with Crippen LogP contribution in [-0.2, 0) is 0 Å². The van der Waals surface area contributed by atoms with Gasteiger partial charge in [0.2, 0.25) is 0 Å². The molecule has 5 rings (SSSR count). The van der Waals surface area contributed by atoms with Gasteiger partial charge in [0.1, 0.15) is 23.1 Å². The number of hydrogen-bond donors (Lipinski definition) is 3. The molecule has 8 heteroatoms. The number of aromatic nitrogens is 3. The van der Waals surface area contributed by atoms with Crippen molar-refractivity contribution in [2.75, 3.05) is 6.54 Å². The van der Waals surface area contributed by atoms with E-state index in [0.29, 0.717) is 28.9 Å². The summed E-state index contributed by atoms with van der Waals surface area (Å²) in [4.78, 5) is 15.2. The van der Waals surface area contributed by atoms with Crippen LogP contribution in [0.15, 0.2) is 48.7 Å². The maximum absolute atomic E-state index is 14.4. The van der Waals surface area contributed by atoms with Crippen molar-refractivity contribution in [1.29, 1.82) is 0 Å². The van der Waals surface area contributed by atoms with Gasteiger partial charge in [-0.05, 0) is 72.2 Å². The van der Waals surface area contributed by atoms with Crippen molar-refractivity contribution in [2.45, 2.75) is 18.8 Å². The molecule has 0 radical (unpaired) electrons. The lowest BCUT2D eigenvalue weighted by Gasteiger charge is -2.36. The Hall–Kier alpha value is -3.55. The second kappa shape index (κ2) is 7.61. The fraction of sp³-hybridized carbons (Fsp3) is 0.217. The third-order valence-corrected chi connectivity index (χ3v) is 5.94. The third-order valence-electron chi connectivity index (χ3n) is 5.94. The Balaban J connectivity index is 1.41. The highest BCUT2D eigenvalue weighted by Crippen LogP contribution is 2.48. The van der Waals surface area contributed by atoms with E-state index in [4.69, 9.17) is 0 Å². The SMILES string of the molecule is O=C(NCC1CC(c2c(-c3ccc(F)cc3)[nH]c3c(F)cc(F)cc23)C1)c1ccn[nH]1. The standard InChI is InChI=1S/C23H19F3N4O/c24-15-3-1-13(2-4-15)21-20(17-9-16(25)10-18(26)22(17)29-21)14-7-12(8-14)11-27-23(31)19-5-6-28-30-19/h1-6,9-10,12,14,29H,7-8,11H2,(H,27,31)(H,28,30). The molecule has 31 heavy (non-hydrogen) atoms. The number of hydrogen-bond acceptors (Lipinski definition) is 2. The molecular formula is C23H19F3N4O. The van der Waals surface area contributed by atoms with E-state index in [2.05, 4.69) is 20.5 Å². The first-order chi connectivity index (χ1) is 15.0. The highest BCUT2D eigenvalue weighted by atomic mass is 19.1. The Morgan fingerprint density at radius 2 is 1.84 bits per heavy atom. The fourth-order valence-corrected chi connectivity index (χ4v) is 4.36. The maximum Gasteiger partial charge on any atom is 0.269 e. The van der Waals surface area contributed by atoms with Gasteiger partial charge in [-0.15, -0.1) is 0 Å². The zero-order valence-corrected chi connectivity index (χ0v) is 16.4. The van der Waals surface area contributed by atoms with Crippen LogP contribution in [0.1, 0.15) is 34.8 Å². The number of nitrogens with zero attached hydrogens (tertiary/aromatic N) is 1. The van der Waals surface area contributed by atoms with Gasteiger partial charge in [0.25, 0.3) is 5.91 Å². The first-order valence-electron chi connectivity index (χ1n) is 10.0. The van der Waals surface area contributed by atoms with E-state index in [1.54, 1.807) is 18.2 Å². The highest BCUT2D eigenvalue weighted by Gasteiger charge is 2.35. The second-order valence-electron chi connectivity index (χ2n) is 7.95. The molecule has 2 aromatic carbocycles. The number of H-pyrrole nitrogens is 2. The van der Waals surface area contributed by atoms with E-state index in [-0.39, 0.29) is 29.1 Å². The Bertz CT molecular complexity index is 1240. The minimum atomic E-state index is -0.660. The summed E-state index contributed by atoms with van der Waals surface area (Å²) in [5.74, 6) is -1.56. The molecule has 2 aromatic heterocycles. The average molecular weight is 424 g/mol. The van der Waals surface area contributed by atoms with Gasteiger partial charge in [-0.2, -0.15) is 5.10 Å². The van der Waals surface area contributed by atoms with Crippen LogP contribution in [0.4, 0.5) is 13.2 Å². The molecule has 0 atom stereocenters. The molecule has 158 valence electrons. The molecule has 0 bridgehead atoms. The number of rotatable bonds is 5. The number of carbonyl (C=O) groups is 1. The minimum absolute atomic E-state index is 0.0732. The molecule has 3 N–H and O–H groups in total. The number of amides is 1. The lowest BCUT2D eigenvalue weighted by molar-refractivity contribution is 0.0930. The lowest BCUT2D eigenvalue weighted by Crippen LogP contribution is -2.35. The Morgan fingerprint density at radius 1 is 1.06 bits per heavy atom. The van der Waals surface area contributed by atoms with E-state index >= 15 is 0 Å². The Kier molecular flexibility index (Phi) is 4.77. The van der Waals surface area contributed by atoms with Gasteiger partial charge in [0.15, 0.2) is 0 Å². The van der Waals surface area contributed by atoms with Crippen molar-refractivity contribution in [3.8, 4) is 11.3 Å².